The Kier molecular flexibility index (Phi) is 2.31. The van der Waals surface area contributed by atoms with Crippen LogP contribution in [0, 0.1) is 5.92 Å². The summed E-state index contributed by atoms with van der Waals surface area (Å²) in [6.07, 6.45) is 4.53. The van der Waals surface area contributed by atoms with Gasteiger partial charge in [-0.05, 0) is 18.8 Å². The second-order valence-electron chi connectivity index (χ2n) is 4.07. The van der Waals surface area contributed by atoms with E-state index in [2.05, 4.69) is 10.6 Å². The lowest BCUT2D eigenvalue weighted by Crippen LogP contribution is -2.47. The van der Waals surface area contributed by atoms with Gasteiger partial charge in [-0.1, -0.05) is 12.8 Å². The molecule has 0 aromatic heterocycles. The molecule has 2 rings (SSSR count). The van der Waals surface area contributed by atoms with Crippen LogP contribution in [0.4, 0.5) is 4.79 Å². The minimum absolute atomic E-state index is 0.0949. The van der Waals surface area contributed by atoms with Crippen LogP contribution in [0.25, 0.3) is 0 Å². The van der Waals surface area contributed by atoms with Crippen LogP contribution in [0.2, 0.25) is 0 Å². The van der Waals surface area contributed by atoms with Crippen LogP contribution < -0.4 is 16.4 Å². The molecule has 14 heavy (non-hydrogen) atoms. The van der Waals surface area contributed by atoms with E-state index in [0.717, 1.165) is 12.8 Å². The molecule has 1 aliphatic heterocycles. The lowest BCUT2D eigenvalue weighted by atomic mass is 9.93. The number of primary amides is 1. The average Bonchev–Trinajstić information content (AvgIpc) is 2.70. The largest absolute Gasteiger partial charge is 0.368 e. The monoisotopic (exact) mass is 197 g/mol. The zero-order chi connectivity index (χ0) is 10.1. The Bertz CT molecular complexity index is 261. The van der Waals surface area contributed by atoms with E-state index in [4.69, 9.17) is 5.73 Å². The minimum atomic E-state index is -0.523. The number of nitrogens with one attached hydrogen (secondary N) is 2. The number of carbonyl (C=O) groups excluding carboxylic acids is 2. The molecule has 3 amide bonds. The summed E-state index contributed by atoms with van der Waals surface area (Å²) in [4.78, 5) is 22.2. The zero-order valence-electron chi connectivity index (χ0n) is 7.95. The van der Waals surface area contributed by atoms with Crippen molar-refractivity contribution in [3.8, 4) is 0 Å². The quantitative estimate of drug-likeness (QED) is 0.568. The number of amides is 3. The molecule has 0 bridgehead atoms. The van der Waals surface area contributed by atoms with Crippen molar-refractivity contribution in [3.63, 3.8) is 0 Å². The molecule has 5 nitrogen and oxygen atoms in total. The van der Waals surface area contributed by atoms with Crippen LogP contribution in [0.5, 0.6) is 0 Å². The van der Waals surface area contributed by atoms with E-state index in [1.807, 2.05) is 0 Å². The molecule has 5 heteroatoms. The maximum atomic E-state index is 11.1. The van der Waals surface area contributed by atoms with Gasteiger partial charge in [0.25, 0.3) is 0 Å². The highest BCUT2D eigenvalue weighted by molar-refractivity contribution is 5.90. The van der Waals surface area contributed by atoms with Gasteiger partial charge < -0.3 is 16.4 Å². The Balaban J connectivity index is 2.08. The smallest absolute Gasteiger partial charge is 0.315 e. The van der Waals surface area contributed by atoms with E-state index in [9.17, 15) is 9.59 Å². The van der Waals surface area contributed by atoms with E-state index < -0.39 is 11.9 Å². The van der Waals surface area contributed by atoms with Crippen molar-refractivity contribution in [2.75, 3.05) is 0 Å². The molecule has 78 valence electrons. The van der Waals surface area contributed by atoms with Gasteiger partial charge in [-0.3, -0.25) is 4.79 Å². The predicted octanol–water partition coefficient (Wildman–Crippen LogP) is -0.288. The summed E-state index contributed by atoms with van der Waals surface area (Å²) in [5, 5.41) is 5.33. The average molecular weight is 197 g/mol. The molecule has 4 N–H and O–H groups in total. The number of hydrogen-bond donors (Lipinski definition) is 3. The molecule has 1 saturated carbocycles. The normalized spacial score (nSPS) is 32.7. The third-order valence-corrected chi connectivity index (χ3v) is 3.16. The van der Waals surface area contributed by atoms with Gasteiger partial charge in [-0.2, -0.15) is 0 Å². The van der Waals surface area contributed by atoms with Crippen LogP contribution in [-0.4, -0.2) is 24.0 Å². The summed E-state index contributed by atoms with van der Waals surface area (Å²) < 4.78 is 0. The van der Waals surface area contributed by atoms with Crippen molar-refractivity contribution in [1.29, 1.82) is 0 Å². The number of urea groups is 1. The first-order valence-corrected chi connectivity index (χ1v) is 5.05. The molecule has 1 aliphatic carbocycles. The van der Waals surface area contributed by atoms with Crippen LogP contribution in [0.15, 0.2) is 0 Å². The molecule has 0 aromatic rings. The first-order chi connectivity index (χ1) is 6.68. The van der Waals surface area contributed by atoms with E-state index in [1.54, 1.807) is 0 Å². The third kappa shape index (κ3) is 1.54. The Labute approximate surface area is 82.4 Å². The topological polar surface area (TPSA) is 84.2 Å². The molecule has 2 fully saturated rings. The number of nitrogens with two attached hydrogens (primary N) is 1. The molecule has 2 atom stereocenters. The number of carbonyl (C=O) groups is 2. The standard InChI is InChI=1S/C9H15N3O2/c10-8(13)7-6(11-9(14)12-7)5-3-1-2-4-5/h5-7H,1-4H2,(H2,10,13)(H2,11,12,14). The fourth-order valence-corrected chi connectivity index (χ4v) is 2.46. The van der Waals surface area contributed by atoms with Crippen molar-refractivity contribution in [3.05, 3.63) is 0 Å². The molecule has 1 saturated heterocycles. The highest BCUT2D eigenvalue weighted by Gasteiger charge is 2.41. The van der Waals surface area contributed by atoms with Crippen molar-refractivity contribution >= 4 is 11.9 Å². The zero-order valence-corrected chi connectivity index (χ0v) is 7.95. The predicted molar refractivity (Wildman–Crippen MR) is 50.4 cm³/mol. The lowest BCUT2D eigenvalue weighted by Gasteiger charge is -2.21. The maximum absolute atomic E-state index is 11.1. The summed E-state index contributed by atoms with van der Waals surface area (Å²) >= 11 is 0. The van der Waals surface area contributed by atoms with Crippen LogP contribution >= 0.6 is 0 Å². The van der Waals surface area contributed by atoms with Gasteiger partial charge in [0.15, 0.2) is 0 Å². The van der Waals surface area contributed by atoms with E-state index in [0.29, 0.717) is 5.92 Å². The summed E-state index contributed by atoms with van der Waals surface area (Å²) in [5.74, 6) is -0.0355. The van der Waals surface area contributed by atoms with Gasteiger partial charge in [0.1, 0.15) is 6.04 Å². The number of rotatable bonds is 2. The second-order valence-corrected chi connectivity index (χ2v) is 4.07. The SMILES string of the molecule is NC(=O)C1NC(=O)NC1C1CCCC1. The van der Waals surface area contributed by atoms with E-state index in [-0.39, 0.29) is 12.1 Å². The van der Waals surface area contributed by atoms with Gasteiger partial charge in [0, 0.05) is 0 Å². The van der Waals surface area contributed by atoms with E-state index >= 15 is 0 Å². The van der Waals surface area contributed by atoms with Crippen molar-refractivity contribution < 1.29 is 9.59 Å². The van der Waals surface area contributed by atoms with Gasteiger partial charge >= 0.3 is 6.03 Å². The molecule has 0 radical (unpaired) electrons. The number of hydrogen-bond acceptors (Lipinski definition) is 2. The van der Waals surface area contributed by atoms with Gasteiger partial charge in [0.2, 0.25) is 5.91 Å². The van der Waals surface area contributed by atoms with Crippen LogP contribution in [0.3, 0.4) is 0 Å². The Morgan fingerprint density at radius 3 is 2.50 bits per heavy atom. The van der Waals surface area contributed by atoms with E-state index in [1.165, 1.54) is 12.8 Å². The molecule has 0 aromatic carbocycles. The third-order valence-electron chi connectivity index (χ3n) is 3.16. The van der Waals surface area contributed by atoms with Gasteiger partial charge in [-0.25, -0.2) is 4.79 Å². The van der Waals surface area contributed by atoms with Crippen molar-refractivity contribution in [2.24, 2.45) is 11.7 Å². The molecular weight excluding hydrogens is 182 g/mol. The first-order valence-electron chi connectivity index (χ1n) is 5.05. The fraction of sp³-hybridized carbons (Fsp3) is 0.778. The minimum Gasteiger partial charge on any atom is -0.368 e. The highest BCUT2D eigenvalue weighted by Crippen LogP contribution is 2.30. The summed E-state index contributed by atoms with van der Waals surface area (Å²) in [7, 11) is 0. The summed E-state index contributed by atoms with van der Waals surface area (Å²) in [5.41, 5.74) is 5.22. The summed E-state index contributed by atoms with van der Waals surface area (Å²) in [6.45, 7) is 0. The fourth-order valence-electron chi connectivity index (χ4n) is 2.46. The van der Waals surface area contributed by atoms with Crippen LogP contribution in [0.1, 0.15) is 25.7 Å². The van der Waals surface area contributed by atoms with Gasteiger partial charge in [0.05, 0.1) is 6.04 Å². The molecular formula is C9H15N3O2. The molecule has 1 heterocycles. The molecule has 2 unspecified atom stereocenters. The Morgan fingerprint density at radius 2 is 1.93 bits per heavy atom. The molecule has 2 aliphatic rings. The lowest BCUT2D eigenvalue weighted by molar-refractivity contribution is -0.120. The Morgan fingerprint density at radius 1 is 1.29 bits per heavy atom. The second kappa shape index (κ2) is 3.48. The van der Waals surface area contributed by atoms with Crippen LogP contribution in [-0.2, 0) is 4.79 Å². The first kappa shape index (κ1) is 9.30. The van der Waals surface area contributed by atoms with Crippen molar-refractivity contribution in [2.45, 2.75) is 37.8 Å². The Hall–Kier alpha value is -1.26. The van der Waals surface area contributed by atoms with Gasteiger partial charge in [-0.15, -0.1) is 0 Å². The maximum Gasteiger partial charge on any atom is 0.315 e. The summed E-state index contributed by atoms with van der Waals surface area (Å²) in [6, 6.07) is -0.890. The highest BCUT2D eigenvalue weighted by atomic mass is 16.2. The van der Waals surface area contributed by atoms with Crippen molar-refractivity contribution in [1.82, 2.24) is 10.6 Å². The molecule has 0 spiro atoms.